The Morgan fingerprint density at radius 2 is 1.90 bits per heavy atom. The van der Waals surface area contributed by atoms with E-state index in [-0.39, 0.29) is 6.61 Å². The highest BCUT2D eigenvalue weighted by Gasteiger charge is 2.30. The first-order valence-corrected chi connectivity index (χ1v) is 13.5. The van der Waals surface area contributed by atoms with Gasteiger partial charge in [0.25, 0.3) is 0 Å². The molecule has 0 bridgehead atoms. The summed E-state index contributed by atoms with van der Waals surface area (Å²) >= 11 is 0. The molecule has 1 atom stereocenters. The van der Waals surface area contributed by atoms with Crippen LogP contribution >= 0.6 is 0 Å². The van der Waals surface area contributed by atoms with Gasteiger partial charge in [-0.3, -0.25) is 9.69 Å². The smallest absolute Gasteiger partial charge is 0.323 e. The molecule has 7 nitrogen and oxygen atoms in total. The summed E-state index contributed by atoms with van der Waals surface area (Å²) in [6, 6.07) is 23.6. The topological polar surface area (TPSA) is 107 Å². The van der Waals surface area contributed by atoms with E-state index in [0.29, 0.717) is 44.0 Å². The number of nitriles is 2. The Balaban J connectivity index is 1.64. The molecular formula is C33H33N3O4. The minimum Gasteiger partial charge on any atom is -0.493 e. The Hall–Kier alpha value is -4.43. The molecule has 3 aromatic carbocycles. The van der Waals surface area contributed by atoms with E-state index in [1.807, 2.05) is 84.6 Å². The number of carboxylic acids is 1. The summed E-state index contributed by atoms with van der Waals surface area (Å²) in [4.78, 5) is 13.7. The van der Waals surface area contributed by atoms with E-state index in [9.17, 15) is 15.2 Å². The first-order valence-electron chi connectivity index (χ1n) is 13.5. The van der Waals surface area contributed by atoms with Gasteiger partial charge in [0.15, 0.2) is 0 Å². The summed E-state index contributed by atoms with van der Waals surface area (Å²) in [5, 5.41) is 28.5. The van der Waals surface area contributed by atoms with Crippen molar-refractivity contribution in [3.63, 3.8) is 0 Å². The summed E-state index contributed by atoms with van der Waals surface area (Å²) in [5.74, 6) is -0.211. The SMILES string of the molecule is Cc1cc(CN2CCOCC2C(=O)O)c(OCCCCC#N)cc1C=Cc1cccc(-c2ccccc2)c1C#N. The molecule has 1 saturated heterocycles. The predicted octanol–water partition coefficient (Wildman–Crippen LogP) is 6.06. The number of hydrogen-bond acceptors (Lipinski definition) is 6. The summed E-state index contributed by atoms with van der Waals surface area (Å²) in [6.07, 6.45) is 5.92. The number of nitrogens with zero attached hydrogens (tertiary/aromatic N) is 3. The van der Waals surface area contributed by atoms with Crippen molar-refractivity contribution < 1.29 is 19.4 Å². The fraction of sp³-hybridized carbons (Fsp3) is 0.303. The van der Waals surface area contributed by atoms with Crippen LogP contribution < -0.4 is 4.74 Å². The Bertz CT molecular complexity index is 1440. The van der Waals surface area contributed by atoms with Crippen molar-refractivity contribution in [1.29, 1.82) is 10.5 Å². The lowest BCUT2D eigenvalue weighted by Crippen LogP contribution is -2.49. The number of carboxylic acid groups (broad SMARTS) is 1. The zero-order chi connectivity index (χ0) is 28.3. The lowest BCUT2D eigenvalue weighted by molar-refractivity contribution is -0.150. The fourth-order valence-electron chi connectivity index (χ4n) is 4.83. The van der Waals surface area contributed by atoms with Crippen LogP contribution in [0.5, 0.6) is 5.75 Å². The number of unbranched alkanes of at least 4 members (excludes halogenated alkanes) is 2. The van der Waals surface area contributed by atoms with Gasteiger partial charge in [0.05, 0.1) is 31.5 Å². The summed E-state index contributed by atoms with van der Waals surface area (Å²) in [7, 11) is 0. The van der Waals surface area contributed by atoms with Crippen LogP contribution in [0.25, 0.3) is 23.3 Å². The van der Waals surface area contributed by atoms with Crippen molar-refractivity contribution in [3.05, 3.63) is 88.5 Å². The van der Waals surface area contributed by atoms with E-state index >= 15 is 0 Å². The van der Waals surface area contributed by atoms with Crippen LogP contribution in [0.4, 0.5) is 0 Å². The van der Waals surface area contributed by atoms with Crippen LogP contribution in [0.2, 0.25) is 0 Å². The molecule has 0 saturated carbocycles. The molecular weight excluding hydrogens is 502 g/mol. The number of aryl methyl sites for hydroxylation is 1. The summed E-state index contributed by atoms with van der Waals surface area (Å²) in [6.45, 7) is 4.06. The van der Waals surface area contributed by atoms with E-state index in [4.69, 9.17) is 14.7 Å². The second-order valence-electron chi connectivity index (χ2n) is 9.76. The number of benzene rings is 3. The average molecular weight is 536 g/mol. The van der Waals surface area contributed by atoms with Gasteiger partial charge in [-0.2, -0.15) is 10.5 Å². The molecule has 1 unspecified atom stereocenters. The Morgan fingerprint density at radius 1 is 1.10 bits per heavy atom. The quantitative estimate of drug-likeness (QED) is 0.235. The van der Waals surface area contributed by atoms with Gasteiger partial charge in [0, 0.05) is 30.6 Å². The zero-order valence-corrected chi connectivity index (χ0v) is 22.7. The van der Waals surface area contributed by atoms with Crippen LogP contribution in [-0.2, 0) is 16.1 Å². The van der Waals surface area contributed by atoms with Crippen molar-refractivity contribution in [2.45, 2.75) is 38.8 Å². The number of ether oxygens (including phenoxy) is 2. The Kier molecular flexibility index (Phi) is 10.1. The molecule has 1 N–H and O–H groups in total. The molecule has 0 aliphatic carbocycles. The van der Waals surface area contributed by atoms with Crippen molar-refractivity contribution >= 4 is 18.1 Å². The molecule has 1 aliphatic rings. The van der Waals surface area contributed by atoms with Crippen molar-refractivity contribution in [1.82, 2.24) is 4.90 Å². The maximum Gasteiger partial charge on any atom is 0.323 e. The number of morpholine rings is 1. The highest BCUT2D eigenvalue weighted by Crippen LogP contribution is 2.30. The second-order valence-corrected chi connectivity index (χ2v) is 9.76. The minimum atomic E-state index is -0.902. The highest BCUT2D eigenvalue weighted by atomic mass is 16.5. The molecule has 4 rings (SSSR count). The van der Waals surface area contributed by atoms with Gasteiger partial charge in [-0.1, -0.05) is 66.7 Å². The van der Waals surface area contributed by atoms with E-state index in [0.717, 1.165) is 46.2 Å². The van der Waals surface area contributed by atoms with Crippen LogP contribution in [0, 0.1) is 29.6 Å². The monoisotopic (exact) mass is 535 g/mol. The number of carbonyl (C=O) groups is 1. The molecule has 0 amide bonds. The second kappa shape index (κ2) is 14.1. The van der Waals surface area contributed by atoms with E-state index in [1.165, 1.54) is 0 Å². The Morgan fingerprint density at radius 3 is 2.65 bits per heavy atom. The van der Waals surface area contributed by atoms with Gasteiger partial charge >= 0.3 is 5.97 Å². The molecule has 7 heteroatoms. The largest absolute Gasteiger partial charge is 0.493 e. The molecule has 40 heavy (non-hydrogen) atoms. The standard InChI is InChI=1S/C33H33N3O4/c1-24-19-28(22-36-16-18-39-23-31(36)33(37)38)32(40-17-7-3-6-15-34)20-27(24)14-13-26-11-8-12-29(30(26)21-35)25-9-4-2-5-10-25/h2,4-5,8-14,19-20,31H,3,6-7,16-18,22-23H2,1H3,(H,37,38). The van der Waals surface area contributed by atoms with Gasteiger partial charge in [-0.25, -0.2) is 0 Å². The third kappa shape index (κ3) is 7.15. The average Bonchev–Trinajstić information content (AvgIpc) is 2.97. The number of rotatable bonds is 11. The molecule has 1 heterocycles. The summed E-state index contributed by atoms with van der Waals surface area (Å²) in [5.41, 5.74) is 6.18. The minimum absolute atomic E-state index is 0.156. The van der Waals surface area contributed by atoms with Gasteiger partial charge in [-0.15, -0.1) is 0 Å². The first kappa shape index (κ1) is 28.6. The van der Waals surface area contributed by atoms with E-state index in [1.54, 1.807) is 0 Å². The van der Waals surface area contributed by atoms with Crippen molar-refractivity contribution in [2.24, 2.45) is 0 Å². The molecule has 0 spiro atoms. The maximum absolute atomic E-state index is 11.8. The molecule has 204 valence electrons. The van der Waals surface area contributed by atoms with E-state index in [2.05, 4.69) is 12.1 Å². The van der Waals surface area contributed by atoms with Crippen molar-refractivity contribution in [2.75, 3.05) is 26.4 Å². The lowest BCUT2D eigenvalue weighted by Gasteiger charge is -2.33. The summed E-state index contributed by atoms with van der Waals surface area (Å²) < 4.78 is 11.6. The van der Waals surface area contributed by atoms with Gasteiger partial charge in [0.2, 0.25) is 0 Å². The third-order valence-electron chi connectivity index (χ3n) is 7.02. The number of hydrogen-bond donors (Lipinski definition) is 1. The normalized spacial score (nSPS) is 15.4. The molecule has 1 aliphatic heterocycles. The van der Waals surface area contributed by atoms with E-state index < -0.39 is 12.0 Å². The Labute approximate surface area is 235 Å². The molecule has 3 aromatic rings. The van der Waals surface area contributed by atoms with Gasteiger partial charge in [-0.05, 0) is 48.1 Å². The lowest BCUT2D eigenvalue weighted by atomic mass is 9.95. The van der Waals surface area contributed by atoms with Crippen LogP contribution in [0.3, 0.4) is 0 Å². The third-order valence-corrected chi connectivity index (χ3v) is 7.02. The molecule has 0 aromatic heterocycles. The van der Waals surface area contributed by atoms with Crippen LogP contribution in [0.15, 0.2) is 60.7 Å². The maximum atomic E-state index is 11.8. The number of aliphatic carboxylic acids is 1. The first-order chi connectivity index (χ1) is 19.5. The van der Waals surface area contributed by atoms with Crippen LogP contribution in [0.1, 0.15) is 47.1 Å². The van der Waals surface area contributed by atoms with Gasteiger partial charge < -0.3 is 14.6 Å². The van der Waals surface area contributed by atoms with Crippen LogP contribution in [-0.4, -0.2) is 48.4 Å². The predicted molar refractivity (Wildman–Crippen MR) is 154 cm³/mol. The molecule has 0 radical (unpaired) electrons. The zero-order valence-electron chi connectivity index (χ0n) is 22.7. The highest BCUT2D eigenvalue weighted by molar-refractivity contribution is 5.81. The van der Waals surface area contributed by atoms with Gasteiger partial charge in [0.1, 0.15) is 17.9 Å². The molecule has 1 fully saturated rings. The fourth-order valence-corrected chi connectivity index (χ4v) is 4.83. The van der Waals surface area contributed by atoms with Crippen molar-refractivity contribution in [3.8, 4) is 29.0 Å².